The first-order valence-electron chi connectivity index (χ1n) is 6.12. The number of nitrogens with zero attached hydrogens (tertiary/aromatic N) is 1. The highest BCUT2D eigenvalue weighted by Crippen LogP contribution is 2.28. The summed E-state index contributed by atoms with van der Waals surface area (Å²) in [4.78, 5) is 2.17. The first-order chi connectivity index (χ1) is 7.84. The van der Waals surface area contributed by atoms with E-state index in [4.69, 9.17) is 5.73 Å². The van der Waals surface area contributed by atoms with E-state index in [0.717, 1.165) is 11.3 Å². The van der Waals surface area contributed by atoms with Crippen molar-refractivity contribution in [1.82, 2.24) is 0 Å². The van der Waals surface area contributed by atoms with Gasteiger partial charge in [0.15, 0.2) is 0 Å². The molecule has 1 unspecified atom stereocenters. The average molecular weight is 238 g/mol. The third-order valence-electron chi connectivity index (χ3n) is 3.44. The zero-order valence-corrected chi connectivity index (χ0v) is 11.4. The summed E-state index contributed by atoms with van der Waals surface area (Å²) in [7, 11) is 2.03. The number of rotatable bonds is 4. The van der Waals surface area contributed by atoms with Gasteiger partial charge in [-0.1, -0.05) is 13.8 Å². The molecule has 17 heavy (non-hydrogen) atoms. The zero-order valence-electron chi connectivity index (χ0n) is 11.4. The topological polar surface area (TPSA) is 29.3 Å². The molecule has 0 bridgehead atoms. The molecule has 2 nitrogen and oxygen atoms in total. The van der Waals surface area contributed by atoms with Gasteiger partial charge in [-0.2, -0.15) is 0 Å². The molecule has 0 heterocycles. The Hall–Kier alpha value is -1.09. The molecule has 0 spiro atoms. The van der Waals surface area contributed by atoms with Crippen LogP contribution in [0, 0.1) is 11.7 Å². The summed E-state index contributed by atoms with van der Waals surface area (Å²) in [5.41, 5.74) is 7.78. The molecule has 0 radical (unpaired) electrons. The van der Waals surface area contributed by atoms with E-state index in [1.54, 1.807) is 0 Å². The van der Waals surface area contributed by atoms with Crippen LogP contribution in [0.4, 0.5) is 10.1 Å². The number of benzene rings is 1. The molecule has 0 saturated heterocycles. The monoisotopic (exact) mass is 238 g/mol. The molecule has 2 N–H and O–H groups in total. The molecule has 1 aromatic rings. The van der Waals surface area contributed by atoms with Gasteiger partial charge in [0.1, 0.15) is 5.82 Å². The maximum absolute atomic E-state index is 13.3. The van der Waals surface area contributed by atoms with Crippen LogP contribution in [0.25, 0.3) is 0 Å². The van der Waals surface area contributed by atoms with Crippen LogP contribution in [0.3, 0.4) is 0 Å². The standard InChI is InChI=1S/C14H23FN2/c1-9(2)11(4)17(5)14-7-6-12(15)8-13(14)10(3)16/h6-11H,16H2,1-5H3/t10-,11?/m0/s1. The molecule has 0 saturated carbocycles. The molecule has 2 atom stereocenters. The van der Waals surface area contributed by atoms with Crippen LogP contribution in [0.5, 0.6) is 0 Å². The molecule has 1 rings (SSSR count). The van der Waals surface area contributed by atoms with Crippen LogP contribution < -0.4 is 10.6 Å². The number of hydrogen-bond acceptors (Lipinski definition) is 2. The van der Waals surface area contributed by atoms with Gasteiger partial charge in [-0.3, -0.25) is 0 Å². The lowest BCUT2D eigenvalue weighted by Crippen LogP contribution is -2.34. The summed E-state index contributed by atoms with van der Waals surface area (Å²) in [6.45, 7) is 8.40. The van der Waals surface area contributed by atoms with Crippen LogP contribution in [0.1, 0.15) is 39.3 Å². The highest BCUT2D eigenvalue weighted by atomic mass is 19.1. The molecule has 1 aromatic carbocycles. The fraction of sp³-hybridized carbons (Fsp3) is 0.571. The minimum atomic E-state index is -0.230. The van der Waals surface area contributed by atoms with Crippen LogP contribution in [-0.4, -0.2) is 13.1 Å². The van der Waals surface area contributed by atoms with Crippen molar-refractivity contribution in [2.24, 2.45) is 11.7 Å². The van der Waals surface area contributed by atoms with Gasteiger partial charge < -0.3 is 10.6 Å². The van der Waals surface area contributed by atoms with Crippen LogP contribution >= 0.6 is 0 Å². The van der Waals surface area contributed by atoms with Crippen molar-refractivity contribution in [1.29, 1.82) is 0 Å². The Morgan fingerprint density at radius 1 is 1.18 bits per heavy atom. The smallest absolute Gasteiger partial charge is 0.123 e. The Morgan fingerprint density at radius 2 is 1.76 bits per heavy atom. The fourth-order valence-corrected chi connectivity index (χ4v) is 1.88. The zero-order chi connectivity index (χ0) is 13.2. The predicted molar refractivity (Wildman–Crippen MR) is 71.7 cm³/mol. The quantitative estimate of drug-likeness (QED) is 0.871. The molecule has 0 fully saturated rings. The van der Waals surface area contributed by atoms with E-state index >= 15 is 0 Å². The molecule has 0 aliphatic heterocycles. The molecule has 0 aliphatic rings. The van der Waals surface area contributed by atoms with E-state index in [0.29, 0.717) is 12.0 Å². The van der Waals surface area contributed by atoms with Gasteiger partial charge in [-0.25, -0.2) is 4.39 Å². The molecule has 3 heteroatoms. The van der Waals surface area contributed by atoms with Crippen molar-refractivity contribution in [3.63, 3.8) is 0 Å². The molecule has 0 aromatic heterocycles. The summed E-state index contributed by atoms with van der Waals surface area (Å²) in [6, 6.07) is 5.06. The van der Waals surface area contributed by atoms with Gasteiger partial charge in [0.25, 0.3) is 0 Å². The molecule has 0 amide bonds. The lowest BCUT2D eigenvalue weighted by Gasteiger charge is -2.32. The third kappa shape index (κ3) is 3.19. The molecular weight excluding hydrogens is 215 g/mol. The van der Waals surface area contributed by atoms with Crippen molar-refractivity contribution in [3.8, 4) is 0 Å². The van der Waals surface area contributed by atoms with Gasteiger partial charge in [-0.05, 0) is 43.5 Å². The van der Waals surface area contributed by atoms with E-state index in [2.05, 4.69) is 25.7 Å². The minimum absolute atomic E-state index is 0.164. The van der Waals surface area contributed by atoms with Crippen LogP contribution in [0.15, 0.2) is 18.2 Å². The second-order valence-electron chi connectivity index (χ2n) is 5.09. The Labute approximate surface area is 104 Å². The molecular formula is C14H23FN2. The predicted octanol–water partition coefficient (Wildman–Crippen LogP) is 3.33. The van der Waals surface area contributed by atoms with Gasteiger partial charge >= 0.3 is 0 Å². The Morgan fingerprint density at radius 3 is 2.24 bits per heavy atom. The highest BCUT2D eigenvalue weighted by molar-refractivity contribution is 5.55. The maximum atomic E-state index is 13.3. The molecule has 0 aliphatic carbocycles. The van der Waals surface area contributed by atoms with Crippen LogP contribution in [0.2, 0.25) is 0 Å². The van der Waals surface area contributed by atoms with Crippen LogP contribution in [-0.2, 0) is 0 Å². The van der Waals surface area contributed by atoms with E-state index in [1.165, 1.54) is 12.1 Å². The van der Waals surface area contributed by atoms with Crippen molar-refractivity contribution >= 4 is 5.69 Å². The van der Waals surface area contributed by atoms with Gasteiger partial charge in [0.2, 0.25) is 0 Å². The fourth-order valence-electron chi connectivity index (χ4n) is 1.88. The van der Waals surface area contributed by atoms with Crippen molar-refractivity contribution in [3.05, 3.63) is 29.6 Å². The van der Waals surface area contributed by atoms with Gasteiger partial charge in [0.05, 0.1) is 0 Å². The summed E-state index contributed by atoms with van der Waals surface area (Å²) in [5.74, 6) is 0.303. The lowest BCUT2D eigenvalue weighted by atomic mass is 10.0. The average Bonchev–Trinajstić information content (AvgIpc) is 2.26. The van der Waals surface area contributed by atoms with E-state index in [9.17, 15) is 4.39 Å². The van der Waals surface area contributed by atoms with Crippen molar-refractivity contribution < 1.29 is 4.39 Å². The number of halogens is 1. The summed E-state index contributed by atoms with van der Waals surface area (Å²) in [6.07, 6.45) is 0. The minimum Gasteiger partial charge on any atom is -0.371 e. The Bertz CT molecular complexity index is 374. The SMILES string of the molecule is CC(C)C(C)N(C)c1ccc(F)cc1[C@H](C)N. The highest BCUT2D eigenvalue weighted by Gasteiger charge is 2.18. The number of hydrogen-bond donors (Lipinski definition) is 1. The number of anilines is 1. The normalized spacial score (nSPS) is 14.8. The number of nitrogens with two attached hydrogens (primary N) is 1. The van der Waals surface area contributed by atoms with Crippen molar-refractivity contribution in [2.45, 2.75) is 39.8 Å². The largest absolute Gasteiger partial charge is 0.371 e. The van der Waals surface area contributed by atoms with E-state index in [1.807, 2.05) is 20.0 Å². The summed E-state index contributed by atoms with van der Waals surface area (Å²) < 4.78 is 13.3. The first kappa shape index (κ1) is 14.0. The second kappa shape index (κ2) is 5.50. The van der Waals surface area contributed by atoms with Gasteiger partial charge in [0, 0.05) is 24.8 Å². The van der Waals surface area contributed by atoms with Gasteiger partial charge in [-0.15, -0.1) is 0 Å². The van der Waals surface area contributed by atoms with E-state index in [-0.39, 0.29) is 11.9 Å². The first-order valence-corrected chi connectivity index (χ1v) is 6.12. The molecule has 96 valence electrons. The van der Waals surface area contributed by atoms with Crippen molar-refractivity contribution in [2.75, 3.05) is 11.9 Å². The maximum Gasteiger partial charge on any atom is 0.123 e. The van der Waals surface area contributed by atoms with E-state index < -0.39 is 0 Å². The Balaban J connectivity index is 3.12. The Kier molecular flexibility index (Phi) is 4.52. The lowest BCUT2D eigenvalue weighted by molar-refractivity contribution is 0.503. The second-order valence-corrected chi connectivity index (χ2v) is 5.09. The third-order valence-corrected chi connectivity index (χ3v) is 3.44. The summed E-state index contributed by atoms with van der Waals surface area (Å²) in [5, 5.41) is 0. The summed E-state index contributed by atoms with van der Waals surface area (Å²) >= 11 is 0.